The Labute approximate surface area is 117 Å². The molecule has 0 saturated heterocycles. The fourth-order valence-electron chi connectivity index (χ4n) is 1.52. The summed E-state index contributed by atoms with van der Waals surface area (Å²) in [6, 6.07) is 0. The van der Waals surface area contributed by atoms with Crippen molar-refractivity contribution in [2.75, 3.05) is 6.73 Å². The molecule has 2 bridgehead atoms. The van der Waals surface area contributed by atoms with Gasteiger partial charge in [0.15, 0.2) is 6.73 Å². The molecule has 0 saturated carbocycles. The van der Waals surface area contributed by atoms with Crippen LogP contribution in [0.25, 0.3) is 0 Å². The fraction of sp³-hybridized carbons (Fsp3) is 0.267. The van der Waals surface area contributed by atoms with E-state index in [4.69, 9.17) is 0 Å². The third-order valence-electron chi connectivity index (χ3n) is 2.49. The summed E-state index contributed by atoms with van der Waals surface area (Å²) in [5, 5.41) is 2.23. The van der Waals surface area contributed by atoms with Crippen LogP contribution < -0.4 is 5.32 Å². The van der Waals surface area contributed by atoms with E-state index in [1.165, 1.54) is 24.5 Å². The van der Waals surface area contributed by atoms with E-state index in [0.29, 0.717) is 0 Å². The molecule has 0 aromatic heterocycles. The number of hydrogen-bond donors (Lipinski definition) is 1. The summed E-state index contributed by atoms with van der Waals surface area (Å²) in [5.74, 6) is -1.37. The summed E-state index contributed by atoms with van der Waals surface area (Å²) < 4.78 is 4.49. The Kier molecular flexibility index (Phi) is 6.16. The van der Waals surface area contributed by atoms with Crippen LogP contribution >= 0.6 is 0 Å². The van der Waals surface area contributed by atoms with Crippen molar-refractivity contribution in [2.45, 2.75) is 19.8 Å². The molecule has 0 atom stereocenters. The van der Waals surface area contributed by atoms with E-state index in [9.17, 15) is 14.4 Å². The molecule has 0 heterocycles. The lowest BCUT2D eigenvalue weighted by molar-refractivity contribution is -0.146. The summed E-state index contributed by atoms with van der Waals surface area (Å²) in [5.41, 5.74) is 2.94. The first-order valence-corrected chi connectivity index (χ1v) is 6.14. The average molecular weight is 275 g/mol. The highest BCUT2D eigenvalue weighted by atomic mass is 16.5. The molecule has 0 aromatic rings. The molecule has 2 aliphatic carbocycles. The number of allylic oxidation sites excluding steroid dienone is 6. The first kappa shape index (κ1) is 15.6. The van der Waals surface area contributed by atoms with Gasteiger partial charge in [0.2, 0.25) is 5.91 Å². The van der Waals surface area contributed by atoms with E-state index in [1.807, 2.05) is 0 Å². The van der Waals surface area contributed by atoms with Gasteiger partial charge in [0.1, 0.15) is 12.2 Å². The Morgan fingerprint density at radius 1 is 1.30 bits per heavy atom. The molecule has 20 heavy (non-hydrogen) atoms. The van der Waals surface area contributed by atoms with Gasteiger partial charge in [0, 0.05) is 0 Å². The smallest absolute Gasteiger partial charge is 0.315 e. The second-order valence-electron chi connectivity index (χ2n) is 4.28. The molecule has 5 heteroatoms. The largest absolute Gasteiger partial charge is 0.444 e. The van der Waals surface area contributed by atoms with Gasteiger partial charge in [-0.3, -0.25) is 14.4 Å². The van der Waals surface area contributed by atoms with Gasteiger partial charge in [-0.15, -0.1) is 0 Å². The molecule has 2 aliphatic rings. The number of esters is 1. The van der Waals surface area contributed by atoms with Crippen molar-refractivity contribution >= 4 is 17.7 Å². The molecule has 0 spiro atoms. The van der Waals surface area contributed by atoms with Gasteiger partial charge in [0.05, 0.1) is 0 Å². The van der Waals surface area contributed by atoms with Crippen molar-refractivity contribution in [3.05, 3.63) is 48.1 Å². The van der Waals surface area contributed by atoms with Crippen LogP contribution in [-0.2, 0) is 19.1 Å². The minimum absolute atomic E-state index is 0.239. The Hall–Kier alpha value is -2.43. The maximum atomic E-state index is 10.7. The highest BCUT2D eigenvalue weighted by Gasteiger charge is 2.08. The molecule has 0 aromatic carbocycles. The van der Waals surface area contributed by atoms with E-state index in [-0.39, 0.29) is 18.9 Å². The maximum Gasteiger partial charge on any atom is 0.315 e. The van der Waals surface area contributed by atoms with E-state index in [1.54, 1.807) is 0 Å². The van der Waals surface area contributed by atoms with Gasteiger partial charge < -0.3 is 10.1 Å². The summed E-state index contributed by atoms with van der Waals surface area (Å²) in [6.45, 7) is 4.24. The van der Waals surface area contributed by atoms with Crippen LogP contribution in [0.5, 0.6) is 0 Å². The van der Waals surface area contributed by atoms with Crippen LogP contribution in [0.1, 0.15) is 19.8 Å². The second-order valence-corrected chi connectivity index (χ2v) is 4.28. The molecule has 1 N–H and O–H groups in total. The maximum absolute atomic E-state index is 10.7. The summed E-state index contributed by atoms with van der Waals surface area (Å²) >= 11 is 0. The number of fused-ring (bicyclic) bond motifs is 2. The number of hydrogen-bond acceptors (Lipinski definition) is 4. The molecule has 5 nitrogen and oxygen atoms in total. The first-order valence-electron chi connectivity index (χ1n) is 6.14. The predicted molar refractivity (Wildman–Crippen MR) is 74.5 cm³/mol. The topological polar surface area (TPSA) is 72.5 Å². The third-order valence-corrected chi connectivity index (χ3v) is 2.49. The van der Waals surface area contributed by atoms with Gasteiger partial charge in [-0.05, 0) is 30.6 Å². The highest BCUT2D eigenvalue weighted by Crippen LogP contribution is 2.27. The summed E-state index contributed by atoms with van der Waals surface area (Å²) in [6.07, 6.45) is 10.7. The molecule has 0 unspecified atom stereocenters. The second kappa shape index (κ2) is 7.89. The molecule has 1 amide bonds. The van der Waals surface area contributed by atoms with Crippen LogP contribution in [0.3, 0.4) is 0 Å². The van der Waals surface area contributed by atoms with Gasteiger partial charge in [-0.25, -0.2) is 0 Å². The van der Waals surface area contributed by atoms with Crippen molar-refractivity contribution in [1.29, 1.82) is 0 Å². The SMILES string of the molecule is C1=CC2=CC=C1C2.C=CC(=O)NCOC(=O)CC(C)=O. The number of ether oxygens (including phenoxy) is 1. The number of carbonyl (C=O) groups is 3. The van der Waals surface area contributed by atoms with E-state index in [0.717, 1.165) is 6.08 Å². The molecule has 106 valence electrons. The molecule has 0 aliphatic heterocycles. The lowest BCUT2D eigenvalue weighted by Gasteiger charge is -2.02. The van der Waals surface area contributed by atoms with Crippen molar-refractivity contribution in [3.8, 4) is 0 Å². The molecular weight excluding hydrogens is 258 g/mol. The number of Topliss-reactive ketones (excluding diaryl/α,β-unsaturated/α-hetero) is 1. The van der Waals surface area contributed by atoms with E-state index >= 15 is 0 Å². The number of carbonyl (C=O) groups excluding carboxylic acids is 3. The molecule has 2 rings (SSSR count). The average Bonchev–Trinajstić information content (AvgIpc) is 3.03. The van der Waals surface area contributed by atoms with Crippen LogP contribution in [-0.4, -0.2) is 24.4 Å². The van der Waals surface area contributed by atoms with Crippen molar-refractivity contribution < 1.29 is 19.1 Å². The van der Waals surface area contributed by atoms with E-state index in [2.05, 4.69) is 40.9 Å². The van der Waals surface area contributed by atoms with Crippen LogP contribution in [0.4, 0.5) is 0 Å². The normalized spacial score (nSPS) is 13.7. The number of rotatable bonds is 5. The van der Waals surface area contributed by atoms with Crippen molar-refractivity contribution in [2.24, 2.45) is 0 Å². The van der Waals surface area contributed by atoms with Crippen molar-refractivity contribution in [1.82, 2.24) is 5.32 Å². The fourth-order valence-corrected chi connectivity index (χ4v) is 1.52. The summed E-state index contributed by atoms with van der Waals surface area (Å²) in [4.78, 5) is 31.6. The standard InChI is InChI=1S/C8H11NO4.C7H6/c1-3-7(11)9-5-13-8(12)4-6(2)10;1-2-7-4-3-6(1)5-7/h3H,1,4-5H2,2H3,(H,9,11);1-4H,5H2. The lowest BCUT2D eigenvalue weighted by Crippen LogP contribution is -2.26. The van der Waals surface area contributed by atoms with Crippen LogP contribution in [0.2, 0.25) is 0 Å². The monoisotopic (exact) mass is 275 g/mol. The minimum Gasteiger partial charge on any atom is -0.444 e. The zero-order valence-electron chi connectivity index (χ0n) is 11.3. The molecule has 0 radical (unpaired) electrons. The van der Waals surface area contributed by atoms with E-state index < -0.39 is 11.9 Å². The van der Waals surface area contributed by atoms with Crippen LogP contribution in [0.15, 0.2) is 48.1 Å². The molecular formula is C15H17NO4. The minimum atomic E-state index is -0.656. The van der Waals surface area contributed by atoms with Gasteiger partial charge in [-0.2, -0.15) is 0 Å². The summed E-state index contributed by atoms with van der Waals surface area (Å²) in [7, 11) is 0. The Morgan fingerprint density at radius 2 is 1.90 bits per heavy atom. The lowest BCUT2D eigenvalue weighted by atomic mass is 10.3. The number of amides is 1. The number of nitrogens with one attached hydrogen (secondary N) is 1. The molecule has 0 fully saturated rings. The zero-order chi connectivity index (χ0) is 15.0. The van der Waals surface area contributed by atoms with Crippen molar-refractivity contribution in [3.63, 3.8) is 0 Å². The quantitative estimate of drug-likeness (QED) is 0.358. The van der Waals surface area contributed by atoms with Gasteiger partial charge in [-0.1, -0.05) is 30.9 Å². The zero-order valence-corrected chi connectivity index (χ0v) is 11.3. The third kappa shape index (κ3) is 5.95. The Bertz CT molecular complexity index is 492. The van der Waals surface area contributed by atoms with Crippen LogP contribution in [0, 0.1) is 0 Å². The first-order chi connectivity index (χ1) is 9.51. The van der Waals surface area contributed by atoms with Gasteiger partial charge >= 0.3 is 5.97 Å². The Balaban J connectivity index is 0.000000233. The number of ketones is 1. The highest BCUT2D eigenvalue weighted by molar-refractivity contribution is 5.94. The predicted octanol–water partition coefficient (Wildman–Crippen LogP) is 1.58. The Morgan fingerprint density at radius 3 is 2.25 bits per heavy atom. The van der Waals surface area contributed by atoms with Gasteiger partial charge in [0.25, 0.3) is 0 Å².